The Morgan fingerprint density at radius 2 is 1.76 bits per heavy atom. The van der Waals surface area contributed by atoms with Crippen LogP contribution in [0.1, 0.15) is 17.0 Å². The Balaban J connectivity index is 2.31. The summed E-state index contributed by atoms with van der Waals surface area (Å²) < 4.78 is 18.6. The summed E-state index contributed by atoms with van der Waals surface area (Å²) in [6.45, 7) is 0. The van der Waals surface area contributed by atoms with Gasteiger partial charge in [-0.2, -0.15) is 0 Å². The van der Waals surface area contributed by atoms with Crippen molar-refractivity contribution in [1.29, 1.82) is 0 Å². The third-order valence-electron chi connectivity index (χ3n) is 2.89. The number of halogens is 1. The monoisotopic (exact) mass is 364 g/mol. The van der Waals surface area contributed by atoms with Crippen LogP contribution in [0.4, 0.5) is 0 Å². The zero-order chi connectivity index (χ0) is 15.3. The topological polar surface area (TPSA) is 46.5 Å². The van der Waals surface area contributed by atoms with E-state index in [0.717, 1.165) is 10.0 Å². The molecule has 0 heterocycles. The van der Waals surface area contributed by atoms with Crippen LogP contribution in [0.5, 0.6) is 0 Å². The second-order valence-electron chi connectivity index (χ2n) is 4.31. The van der Waals surface area contributed by atoms with Gasteiger partial charge in [-0.25, -0.2) is 0 Å². The Morgan fingerprint density at radius 3 is 2.33 bits per heavy atom. The minimum absolute atomic E-state index is 0.505. The van der Waals surface area contributed by atoms with E-state index in [-0.39, 0.29) is 0 Å². The molecule has 0 aliphatic rings. The number of aliphatic hydroxyl groups is 1. The van der Waals surface area contributed by atoms with E-state index in [1.165, 1.54) is 7.11 Å². The van der Waals surface area contributed by atoms with Crippen molar-refractivity contribution in [3.8, 4) is 11.6 Å². The SMILES string of the molecule is CO[P@@](=O)(C#Cc1ccccc1)[C@H](O)c1ccc(Br)cc1. The quantitative estimate of drug-likeness (QED) is 0.649. The molecule has 2 rings (SSSR count). The van der Waals surface area contributed by atoms with Crippen molar-refractivity contribution in [1.82, 2.24) is 0 Å². The molecule has 0 fully saturated rings. The van der Waals surface area contributed by atoms with Crippen LogP contribution in [0.3, 0.4) is 0 Å². The molecule has 5 heteroatoms. The second-order valence-corrected chi connectivity index (χ2v) is 7.50. The van der Waals surface area contributed by atoms with Crippen LogP contribution >= 0.6 is 23.3 Å². The van der Waals surface area contributed by atoms with E-state index in [4.69, 9.17) is 4.52 Å². The molecular weight excluding hydrogens is 351 g/mol. The molecule has 1 N–H and O–H groups in total. The first-order chi connectivity index (χ1) is 10.0. The minimum atomic E-state index is -3.51. The summed E-state index contributed by atoms with van der Waals surface area (Å²) in [5.74, 6) is 1.52. The predicted octanol–water partition coefficient (Wildman–Crippen LogP) is 4.37. The molecule has 2 atom stereocenters. The number of hydrogen-bond acceptors (Lipinski definition) is 3. The second kappa shape index (κ2) is 7.06. The lowest BCUT2D eigenvalue weighted by Crippen LogP contribution is -1.99. The largest absolute Gasteiger partial charge is 0.377 e. The number of rotatable bonds is 3. The molecule has 2 aromatic carbocycles. The smallest absolute Gasteiger partial charge is 0.305 e. The molecule has 0 aliphatic heterocycles. The normalized spacial score (nSPS) is 14.6. The molecule has 0 saturated heterocycles. The van der Waals surface area contributed by atoms with E-state index < -0.39 is 13.2 Å². The van der Waals surface area contributed by atoms with E-state index in [1.807, 2.05) is 18.2 Å². The zero-order valence-electron chi connectivity index (χ0n) is 11.4. The van der Waals surface area contributed by atoms with Gasteiger partial charge >= 0.3 is 7.37 Å². The number of benzene rings is 2. The summed E-state index contributed by atoms with van der Waals surface area (Å²) in [6.07, 6.45) is 0. The summed E-state index contributed by atoms with van der Waals surface area (Å²) in [6, 6.07) is 16.1. The highest BCUT2D eigenvalue weighted by atomic mass is 79.9. The fourth-order valence-electron chi connectivity index (χ4n) is 1.70. The van der Waals surface area contributed by atoms with E-state index >= 15 is 0 Å². The van der Waals surface area contributed by atoms with Gasteiger partial charge in [-0.15, -0.1) is 0 Å². The molecule has 0 bridgehead atoms. The molecule has 0 saturated carbocycles. The van der Waals surface area contributed by atoms with Crippen molar-refractivity contribution in [3.63, 3.8) is 0 Å². The summed E-state index contributed by atoms with van der Waals surface area (Å²) in [7, 11) is -2.22. The average Bonchev–Trinajstić information content (AvgIpc) is 2.53. The van der Waals surface area contributed by atoms with Gasteiger partial charge in [0.05, 0.1) is 0 Å². The first kappa shape index (κ1) is 16.0. The Bertz CT molecular complexity index is 702. The van der Waals surface area contributed by atoms with Crippen molar-refractivity contribution in [3.05, 3.63) is 70.2 Å². The van der Waals surface area contributed by atoms with Crippen molar-refractivity contribution in [2.45, 2.75) is 5.85 Å². The Labute approximate surface area is 132 Å². The molecule has 0 spiro atoms. The van der Waals surface area contributed by atoms with Crippen LogP contribution in [0.2, 0.25) is 0 Å². The number of hydrogen-bond donors (Lipinski definition) is 1. The van der Waals surface area contributed by atoms with Crippen LogP contribution in [-0.4, -0.2) is 12.2 Å². The van der Waals surface area contributed by atoms with Gasteiger partial charge in [-0.3, -0.25) is 4.57 Å². The van der Waals surface area contributed by atoms with Crippen molar-refractivity contribution < 1.29 is 14.2 Å². The molecule has 0 radical (unpaired) electrons. The maximum absolute atomic E-state index is 12.7. The van der Waals surface area contributed by atoms with Crippen LogP contribution in [0.25, 0.3) is 0 Å². The van der Waals surface area contributed by atoms with Gasteiger partial charge in [-0.1, -0.05) is 52.2 Å². The summed E-state index contributed by atoms with van der Waals surface area (Å²) in [5.41, 5.74) is 3.82. The van der Waals surface area contributed by atoms with Crippen molar-refractivity contribution in [2.75, 3.05) is 7.11 Å². The maximum atomic E-state index is 12.7. The Hall–Kier alpha value is -1.37. The predicted molar refractivity (Wildman–Crippen MR) is 87.0 cm³/mol. The summed E-state index contributed by atoms with van der Waals surface area (Å²) in [4.78, 5) is 0. The molecule has 0 aromatic heterocycles. The van der Waals surface area contributed by atoms with Gasteiger partial charge in [0.1, 0.15) is 0 Å². The van der Waals surface area contributed by atoms with E-state index in [0.29, 0.717) is 5.56 Å². The lowest BCUT2D eigenvalue weighted by Gasteiger charge is -2.17. The van der Waals surface area contributed by atoms with Crippen LogP contribution in [0.15, 0.2) is 59.1 Å². The minimum Gasteiger partial charge on any atom is -0.377 e. The molecular formula is C16H14BrO3P. The fraction of sp³-hybridized carbons (Fsp3) is 0.125. The number of aliphatic hydroxyl groups excluding tert-OH is 1. The van der Waals surface area contributed by atoms with Crippen LogP contribution < -0.4 is 0 Å². The lowest BCUT2D eigenvalue weighted by atomic mass is 10.2. The summed E-state index contributed by atoms with van der Waals surface area (Å²) >= 11 is 3.31. The lowest BCUT2D eigenvalue weighted by molar-refractivity contribution is 0.229. The Kier molecular flexibility index (Phi) is 5.39. The van der Waals surface area contributed by atoms with Crippen molar-refractivity contribution in [2.24, 2.45) is 0 Å². The Morgan fingerprint density at radius 1 is 1.14 bits per heavy atom. The molecule has 0 amide bonds. The summed E-state index contributed by atoms with van der Waals surface area (Å²) in [5, 5.41) is 10.3. The molecule has 0 aliphatic carbocycles. The first-order valence-corrected chi connectivity index (χ1v) is 8.71. The van der Waals surface area contributed by atoms with Crippen LogP contribution in [0, 0.1) is 11.6 Å². The van der Waals surface area contributed by atoms with Gasteiger partial charge in [0.2, 0.25) is 0 Å². The fourth-order valence-corrected chi connectivity index (χ4v) is 3.23. The third kappa shape index (κ3) is 4.06. The maximum Gasteiger partial charge on any atom is 0.305 e. The van der Waals surface area contributed by atoms with Crippen LogP contribution in [-0.2, 0) is 9.09 Å². The van der Waals surface area contributed by atoms with Gasteiger partial charge in [0.25, 0.3) is 0 Å². The standard InChI is InChI=1S/C16H14BrO3P/c1-20-21(19,12-11-13-5-3-2-4-6-13)16(18)14-7-9-15(17)10-8-14/h2-10,16,18H,1H3/t16-,21-/m0/s1. The van der Waals surface area contributed by atoms with Gasteiger partial charge < -0.3 is 9.63 Å². The van der Waals surface area contributed by atoms with E-state index in [2.05, 4.69) is 27.5 Å². The highest BCUT2D eigenvalue weighted by molar-refractivity contribution is 9.10. The van der Waals surface area contributed by atoms with E-state index in [1.54, 1.807) is 36.4 Å². The molecule has 0 unspecified atom stereocenters. The molecule has 2 aromatic rings. The first-order valence-electron chi connectivity index (χ1n) is 6.22. The van der Waals surface area contributed by atoms with Gasteiger partial charge in [0, 0.05) is 17.1 Å². The molecule has 108 valence electrons. The van der Waals surface area contributed by atoms with Gasteiger partial charge in [0.15, 0.2) is 5.85 Å². The third-order valence-corrected chi connectivity index (χ3v) is 5.33. The molecule has 3 nitrogen and oxygen atoms in total. The van der Waals surface area contributed by atoms with Gasteiger partial charge in [-0.05, 0) is 35.5 Å². The average molecular weight is 365 g/mol. The van der Waals surface area contributed by atoms with Crippen molar-refractivity contribution >= 4 is 23.3 Å². The zero-order valence-corrected chi connectivity index (χ0v) is 13.8. The highest BCUT2D eigenvalue weighted by Gasteiger charge is 2.31. The highest BCUT2D eigenvalue weighted by Crippen LogP contribution is 2.57. The molecule has 21 heavy (non-hydrogen) atoms. The van der Waals surface area contributed by atoms with E-state index in [9.17, 15) is 9.67 Å².